The maximum absolute atomic E-state index is 5.92. The van der Waals surface area contributed by atoms with E-state index in [2.05, 4.69) is 43.3 Å². The van der Waals surface area contributed by atoms with Crippen LogP contribution in [0.3, 0.4) is 0 Å². The van der Waals surface area contributed by atoms with E-state index in [4.69, 9.17) is 9.15 Å². The summed E-state index contributed by atoms with van der Waals surface area (Å²) < 4.78 is 13.4. The molecule has 0 spiro atoms. The summed E-state index contributed by atoms with van der Waals surface area (Å²) in [5.74, 6) is 3.47. The zero-order chi connectivity index (χ0) is 17.3. The van der Waals surface area contributed by atoms with Gasteiger partial charge in [-0.15, -0.1) is 0 Å². The van der Waals surface area contributed by atoms with Gasteiger partial charge in [0.05, 0.1) is 12.3 Å². The molecule has 1 aliphatic rings. The van der Waals surface area contributed by atoms with Gasteiger partial charge in [0.25, 0.3) is 0 Å². The Labute approximate surface area is 144 Å². The first-order valence-corrected chi connectivity index (χ1v) is 8.80. The number of anilines is 1. The second kappa shape index (κ2) is 6.63. The van der Waals surface area contributed by atoms with E-state index in [1.807, 2.05) is 18.7 Å². The SMILES string of the molecule is Cc1oc(C(C)(C)C)cc1CNc1cc(C2CCCOC2)nn1C. The van der Waals surface area contributed by atoms with Crippen LogP contribution in [-0.4, -0.2) is 23.0 Å². The second-order valence-electron chi connectivity index (χ2n) is 7.79. The zero-order valence-corrected chi connectivity index (χ0v) is 15.5. The maximum atomic E-state index is 5.92. The van der Waals surface area contributed by atoms with Gasteiger partial charge in [-0.2, -0.15) is 5.10 Å². The molecule has 1 atom stereocenters. The van der Waals surface area contributed by atoms with Crippen molar-refractivity contribution in [3.63, 3.8) is 0 Å². The van der Waals surface area contributed by atoms with Gasteiger partial charge >= 0.3 is 0 Å². The fourth-order valence-corrected chi connectivity index (χ4v) is 3.08. The molecule has 1 saturated heterocycles. The van der Waals surface area contributed by atoms with E-state index in [-0.39, 0.29) is 5.41 Å². The topological polar surface area (TPSA) is 52.2 Å². The number of hydrogen-bond donors (Lipinski definition) is 1. The number of aryl methyl sites for hydroxylation is 2. The fraction of sp³-hybridized carbons (Fsp3) is 0.632. The minimum Gasteiger partial charge on any atom is -0.465 e. The highest BCUT2D eigenvalue weighted by molar-refractivity contribution is 5.40. The molecule has 5 nitrogen and oxygen atoms in total. The number of furan rings is 1. The summed E-state index contributed by atoms with van der Waals surface area (Å²) in [5, 5.41) is 8.16. The third-order valence-corrected chi connectivity index (χ3v) is 4.70. The summed E-state index contributed by atoms with van der Waals surface area (Å²) in [6.07, 6.45) is 2.28. The van der Waals surface area contributed by atoms with E-state index < -0.39 is 0 Å². The van der Waals surface area contributed by atoms with Crippen molar-refractivity contribution in [2.75, 3.05) is 18.5 Å². The molecule has 3 rings (SSSR count). The molecule has 2 aromatic rings. The van der Waals surface area contributed by atoms with Crippen LogP contribution in [0.5, 0.6) is 0 Å². The van der Waals surface area contributed by atoms with Crippen LogP contribution < -0.4 is 5.32 Å². The Bertz CT molecular complexity index is 688. The van der Waals surface area contributed by atoms with Crippen molar-refractivity contribution >= 4 is 5.82 Å². The Balaban J connectivity index is 1.69. The Kier molecular flexibility index (Phi) is 4.72. The first-order chi connectivity index (χ1) is 11.3. The van der Waals surface area contributed by atoms with Gasteiger partial charge < -0.3 is 14.5 Å². The molecule has 2 aromatic heterocycles. The van der Waals surface area contributed by atoms with E-state index in [1.165, 1.54) is 5.56 Å². The van der Waals surface area contributed by atoms with Gasteiger partial charge in [0.15, 0.2) is 0 Å². The fourth-order valence-electron chi connectivity index (χ4n) is 3.08. The van der Waals surface area contributed by atoms with Crippen molar-refractivity contribution in [3.05, 3.63) is 34.9 Å². The normalized spacial score (nSPS) is 18.8. The molecule has 1 aliphatic heterocycles. The molecule has 1 N–H and O–H groups in total. The minimum atomic E-state index is 0.0314. The number of hydrogen-bond acceptors (Lipinski definition) is 4. The molecule has 1 unspecified atom stereocenters. The predicted octanol–water partition coefficient (Wildman–Crippen LogP) is 4.13. The minimum absolute atomic E-state index is 0.0314. The standard InChI is InChI=1S/C19H29N3O2/c1-13-15(9-17(24-13)19(2,3)4)11-20-18-10-16(21-22(18)5)14-7-6-8-23-12-14/h9-10,14,20H,6-8,11-12H2,1-5H3. The molecule has 3 heterocycles. The van der Waals surface area contributed by atoms with Crippen molar-refractivity contribution in [2.45, 2.75) is 58.4 Å². The summed E-state index contributed by atoms with van der Waals surface area (Å²) in [6, 6.07) is 4.31. The largest absolute Gasteiger partial charge is 0.465 e. The van der Waals surface area contributed by atoms with Crippen LogP contribution in [0.4, 0.5) is 5.82 Å². The number of nitrogens with one attached hydrogen (secondary N) is 1. The molecule has 1 fully saturated rings. The highest BCUT2D eigenvalue weighted by Gasteiger charge is 2.21. The van der Waals surface area contributed by atoms with Crippen molar-refractivity contribution in [2.24, 2.45) is 7.05 Å². The van der Waals surface area contributed by atoms with Gasteiger partial charge in [-0.3, -0.25) is 4.68 Å². The van der Waals surface area contributed by atoms with Crippen molar-refractivity contribution in [1.82, 2.24) is 9.78 Å². The van der Waals surface area contributed by atoms with Crippen LogP contribution in [0.1, 0.15) is 62.3 Å². The van der Waals surface area contributed by atoms with E-state index in [0.717, 1.165) is 55.6 Å². The van der Waals surface area contributed by atoms with Gasteiger partial charge in [-0.05, 0) is 25.8 Å². The lowest BCUT2D eigenvalue weighted by Crippen LogP contribution is -2.16. The first kappa shape index (κ1) is 17.1. The van der Waals surface area contributed by atoms with Gasteiger partial charge in [0.1, 0.15) is 17.3 Å². The molecule has 0 saturated carbocycles. The summed E-state index contributed by atoms with van der Waals surface area (Å²) in [7, 11) is 1.98. The van der Waals surface area contributed by atoms with Gasteiger partial charge in [-0.1, -0.05) is 20.8 Å². The predicted molar refractivity (Wildman–Crippen MR) is 95.5 cm³/mol. The van der Waals surface area contributed by atoms with Crippen LogP contribution in [-0.2, 0) is 23.7 Å². The first-order valence-electron chi connectivity index (χ1n) is 8.80. The third kappa shape index (κ3) is 3.66. The highest BCUT2D eigenvalue weighted by atomic mass is 16.5. The molecular formula is C19H29N3O2. The molecule has 0 radical (unpaired) electrons. The Morgan fingerprint density at radius 3 is 2.75 bits per heavy atom. The molecule has 0 amide bonds. The van der Waals surface area contributed by atoms with Crippen LogP contribution in [0.15, 0.2) is 16.5 Å². The van der Waals surface area contributed by atoms with Crippen molar-refractivity contribution in [1.29, 1.82) is 0 Å². The smallest absolute Gasteiger partial charge is 0.124 e. The maximum Gasteiger partial charge on any atom is 0.124 e. The van der Waals surface area contributed by atoms with Gasteiger partial charge in [0.2, 0.25) is 0 Å². The number of aromatic nitrogens is 2. The molecule has 0 aliphatic carbocycles. The molecule has 24 heavy (non-hydrogen) atoms. The second-order valence-corrected chi connectivity index (χ2v) is 7.79. The molecule has 0 aromatic carbocycles. The number of rotatable bonds is 4. The number of nitrogens with zero attached hydrogens (tertiary/aromatic N) is 2. The lowest BCUT2D eigenvalue weighted by molar-refractivity contribution is 0.0791. The van der Waals surface area contributed by atoms with Crippen LogP contribution in [0, 0.1) is 6.92 Å². The summed E-state index contributed by atoms with van der Waals surface area (Å²) >= 11 is 0. The molecule has 5 heteroatoms. The zero-order valence-electron chi connectivity index (χ0n) is 15.5. The number of ether oxygens (including phenoxy) is 1. The lowest BCUT2D eigenvalue weighted by Gasteiger charge is -2.19. The summed E-state index contributed by atoms with van der Waals surface area (Å²) in [5.41, 5.74) is 2.35. The average Bonchev–Trinajstić information content (AvgIpc) is 3.09. The highest BCUT2D eigenvalue weighted by Crippen LogP contribution is 2.29. The van der Waals surface area contributed by atoms with Crippen LogP contribution in [0.2, 0.25) is 0 Å². The van der Waals surface area contributed by atoms with E-state index >= 15 is 0 Å². The van der Waals surface area contributed by atoms with E-state index in [1.54, 1.807) is 0 Å². The molecular weight excluding hydrogens is 302 g/mol. The average molecular weight is 331 g/mol. The quantitative estimate of drug-likeness (QED) is 0.915. The van der Waals surface area contributed by atoms with E-state index in [0.29, 0.717) is 5.92 Å². The monoisotopic (exact) mass is 331 g/mol. The Hall–Kier alpha value is -1.75. The van der Waals surface area contributed by atoms with Gasteiger partial charge in [0, 0.05) is 43.2 Å². The van der Waals surface area contributed by atoms with Gasteiger partial charge in [-0.25, -0.2) is 0 Å². The summed E-state index contributed by atoms with van der Waals surface area (Å²) in [6.45, 7) is 10.9. The third-order valence-electron chi connectivity index (χ3n) is 4.70. The van der Waals surface area contributed by atoms with Crippen molar-refractivity contribution in [3.8, 4) is 0 Å². The molecule has 132 valence electrons. The van der Waals surface area contributed by atoms with E-state index in [9.17, 15) is 0 Å². The van der Waals surface area contributed by atoms with Crippen LogP contribution >= 0.6 is 0 Å². The lowest BCUT2D eigenvalue weighted by atomic mass is 9.93. The Morgan fingerprint density at radius 1 is 1.33 bits per heavy atom. The molecule has 0 bridgehead atoms. The summed E-state index contributed by atoms with van der Waals surface area (Å²) in [4.78, 5) is 0. The Morgan fingerprint density at radius 2 is 2.12 bits per heavy atom. The van der Waals surface area contributed by atoms with Crippen LogP contribution in [0.25, 0.3) is 0 Å². The van der Waals surface area contributed by atoms with Crippen molar-refractivity contribution < 1.29 is 9.15 Å².